The second kappa shape index (κ2) is 8.62. The summed E-state index contributed by atoms with van der Waals surface area (Å²) >= 11 is 0. The van der Waals surface area contributed by atoms with Gasteiger partial charge in [-0.2, -0.15) is 0 Å². The number of carbonyl (C=O) groups is 1. The van der Waals surface area contributed by atoms with Gasteiger partial charge in [-0.25, -0.2) is 9.97 Å². The number of rotatable bonds is 6. The molecule has 1 unspecified atom stereocenters. The number of para-hydroxylation sites is 2. The van der Waals surface area contributed by atoms with E-state index in [4.69, 9.17) is 4.74 Å². The number of aromatic nitrogens is 2. The van der Waals surface area contributed by atoms with Gasteiger partial charge in [0.1, 0.15) is 11.5 Å². The van der Waals surface area contributed by atoms with Crippen LogP contribution in [0.3, 0.4) is 0 Å². The highest BCUT2D eigenvalue weighted by Gasteiger charge is 2.17. The Balaban J connectivity index is 1.70. The van der Waals surface area contributed by atoms with E-state index in [-0.39, 0.29) is 11.6 Å². The molecule has 1 saturated heterocycles. The monoisotopic (exact) mass is 355 g/mol. The number of benzene rings is 1. The molecule has 0 saturated carbocycles. The standard InChI is InChI=1S/C19H25N5O2/c1-3-14(2)22-18-13-20-16(12-21-18)19(25)23-15-6-4-5-7-17(15)24-8-10-26-11-9-24/h4-7,12-14H,3,8-11H2,1-2H3,(H,21,22)(H,23,25). The molecule has 7 nitrogen and oxygen atoms in total. The third-order valence-corrected chi connectivity index (χ3v) is 4.40. The molecule has 138 valence electrons. The molecule has 0 radical (unpaired) electrons. The van der Waals surface area contributed by atoms with Crippen LogP contribution in [0.4, 0.5) is 17.2 Å². The first-order chi connectivity index (χ1) is 12.7. The Hall–Kier alpha value is -2.67. The fourth-order valence-corrected chi connectivity index (χ4v) is 2.72. The Morgan fingerprint density at radius 3 is 2.69 bits per heavy atom. The van der Waals surface area contributed by atoms with Crippen LogP contribution in [0.2, 0.25) is 0 Å². The summed E-state index contributed by atoms with van der Waals surface area (Å²) in [5.74, 6) is 0.401. The summed E-state index contributed by atoms with van der Waals surface area (Å²) < 4.78 is 5.40. The van der Waals surface area contributed by atoms with Gasteiger partial charge in [-0.05, 0) is 25.5 Å². The maximum atomic E-state index is 12.6. The maximum Gasteiger partial charge on any atom is 0.275 e. The lowest BCUT2D eigenvalue weighted by Gasteiger charge is -2.30. The van der Waals surface area contributed by atoms with Gasteiger partial charge in [-0.1, -0.05) is 19.1 Å². The van der Waals surface area contributed by atoms with Crippen molar-refractivity contribution < 1.29 is 9.53 Å². The predicted molar refractivity (Wildman–Crippen MR) is 103 cm³/mol. The van der Waals surface area contributed by atoms with E-state index in [0.29, 0.717) is 25.1 Å². The van der Waals surface area contributed by atoms with Crippen molar-refractivity contribution in [3.05, 3.63) is 42.4 Å². The molecule has 26 heavy (non-hydrogen) atoms. The number of morpholine rings is 1. The lowest BCUT2D eigenvalue weighted by Crippen LogP contribution is -2.36. The van der Waals surface area contributed by atoms with Crippen molar-refractivity contribution in [2.45, 2.75) is 26.3 Å². The van der Waals surface area contributed by atoms with E-state index in [1.165, 1.54) is 6.20 Å². The van der Waals surface area contributed by atoms with Gasteiger partial charge in [0.2, 0.25) is 0 Å². The molecular formula is C19H25N5O2. The highest BCUT2D eigenvalue weighted by atomic mass is 16.5. The largest absolute Gasteiger partial charge is 0.378 e. The molecule has 1 atom stereocenters. The number of hydrogen-bond acceptors (Lipinski definition) is 6. The summed E-state index contributed by atoms with van der Waals surface area (Å²) in [6, 6.07) is 8.09. The first-order valence-corrected chi connectivity index (χ1v) is 8.99. The number of anilines is 3. The second-order valence-corrected chi connectivity index (χ2v) is 6.31. The molecule has 0 aliphatic carbocycles. The normalized spacial score (nSPS) is 15.4. The van der Waals surface area contributed by atoms with Crippen LogP contribution in [0.15, 0.2) is 36.7 Å². The number of carbonyl (C=O) groups excluding carboxylic acids is 1. The Labute approximate surface area is 153 Å². The lowest BCUT2D eigenvalue weighted by atomic mass is 10.2. The maximum absolute atomic E-state index is 12.6. The number of amides is 1. The lowest BCUT2D eigenvalue weighted by molar-refractivity contribution is 0.102. The minimum absolute atomic E-state index is 0.270. The summed E-state index contributed by atoms with van der Waals surface area (Å²) in [7, 11) is 0. The van der Waals surface area contributed by atoms with Crippen LogP contribution in [0.5, 0.6) is 0 Å². The Morgan fingerprint density at radius 2 is 2.00 bits per heavy atom. The topological polar surface area (TPSA) is 79.4 Å². The van der Waals surface area contributed by atoms with Crippen molar-refractivity contribution in [2.24, 2.45) is 0 Å². The molecule has 0 spiro atoms. The molecule has 3 rings (SSSR count). The van der Waals surface area contributed by atoms with E-state index >= 15 is 0 Å². The predicted octanol–water partition coefficient (Wildman–Crippen LogP) is 2.78. The van der Waals surface area contributed by atoms with Gasteiger partial charge >= 0.3 is 0 Å². The summed E-state index contributed by atoms with van der Waals surface area (Å²) in [6.07, 6.45) is 4.08. The third-order valence-electron chi connectivity index (χ3n) is 4.40. The highest BCUT2D eigenvalue weighted by molar-refractivity contribution is 6.04. The molecule has 1 aromatic carbocycles. The smallest absolute Gasteiger partial charge is 0.275 e. The summed E-state index contributed by atoms with van der Waals surface area (Å²) in [5, 5.41) is 6.19. The van der Waals surface area contributed by atoms with Gasteiger partial charge in [0, 0.05) is 19.1 Å². The van der Waals surface area contributed by atoms with Gasteiger partial charge in [0.05, 0.1) is 37.0 Å². The minimum Gasteiger partial charge on any atom is -0.378 e. The van der Waals surface area contributed by atoms with Crippen molar-refractivity contribution in [3.8, 4) is 0 Å². The molecule has 1 aromatic heterocycles. The van der Waals surface area contributed by atoms with Crippen LogP contribution in [0, 0.1) is 0 Å². The molecule has 2 heterocycles. The minimum atomic E-state index is -0.270. The van der Waals surface area contributed by atoms with Gasteiger partial charge in [-0.15, -0.1) is 0 Å². The zero-order valence-corrected chi connectivity index (χ0v) is 15.2. The van der Waals surface area contributed by atoms with Gasteiger partial charge in [-0.3, -0.25) is 4.79 Å². The molecular weight excluding hydrogens is 330 g/mol. The fraction of sp³-hybridized carbons (Fsp3) is 0.421. The molecule has 0 bridgehead atoms. The average Bonchev–Trinajstić information content (AvgIpc) is 2.69. The zero-order valence-electron chi connectivity index (χ0n) is 15.2. The van der Waals surface area contributed by atoms with Crippen molar-refractivity contribution in [1.82, 2.24) is 9.97 Å². The Kier molecular flexibility index (Phi) is 6.01. The summed E-state index contributed by atoms with van der Waals surface area (Å²) in [5.41, 5.74) is 2.05. The molecule has 2 aromatic rings. The van der Waals surface area contributed by atoms with E-state index in [1.54, 1.807) is 6.20 Å². The van der Waals surface area contributed by atoms with Gasteiger partial charge < -0.3 is 20.3 Å². The van der Waals surface area contributed by atoms with Crippen LogP contribution in [-0.4, -0.2) is 48.2 Å². The first kappa shape index (κ1) is 18.1. The van der Waals surface area contributed by atoms with Crippen molar-refractivity contribution >= 4 is 23.1 Å². The second-order valence-electron chi connectivity index (χ2n) is 6.31. The van der Waals surface area contributed by atoms with E-state index in [2.05, 4.69) is 39.3 Å². The van der Waals surface area contributed by atoms with Crippen LogP contribution >= 0.6 is 0 Å². The molecule has 1 aliphatic heterocycles. The molecule has 1 amide bonds. The number of nitrogens with zero attached hydrogens (tertiary/aromatic N) is 3. The highest BCUT2D eigenvalue weighted by Crippen LogP contribution is 2.26. The number of hydrogen-bond donors (Lipinski definition) is 2. The van der Waals surface area contributed by atoms with Crippen molar-refractivity contribution in [1.29, 1.82) is 0 Å². The fourth-order valence-electron chi connectivity index (χ4n) is 2.72. The summed E-state index contributed by atoms with van der Waals surface area (Å²) in [4.78, 5) is 23.3. The van der Waals surface area contributed by atoms with E-state index in [0.717, 1.165) is 30.9 Å². The van der Waals surface area contributed by atoms with Gasteiger partial charge in [0.15, 0.2) is 0 Å². The third kappa shape index (κ3) is 4.49. The molecule has 7 heteroatoms. The van der Waals surface area contributed by atoms with Crippen LogP contribution < -0.4 is 15.5 Å². The molecule has 1 aliphatic rings. The molecule has 2 N–H and O–H groups in total. The van der Waals surface area contributed by atoms with Crippen LogP contribution in [-0.2, 0) is 4.74 Å². The first-order valence-electron chi connectivity index (χ1n) is 8.99. The van der Waals surface area contributed by atoms with Crippen LogP contribution in [0.25, 0.3) is 0 Å². The van der Waals surface area contributed by atoms with E-state index in [9.17, 15) is 4.79 Å². The van der Waals surface area contributed by atoms with Crippen molar-refractivity contribution in [2.75, 3.05) is 41.8 Å². The van der Waals surface area contributed by atoms with Crippen LogP contribution in [0.1, 0.15) is 30.8 Å². The number of ether oxygens (including phenoxy) is 1. The zero-order chi connectivity index (χ0) is 18.4. The quantitative estimate of drug-likeness (QED) is 0.829. The summed E-state index contributed by atoms with van der Waals surface area (Å²) in [6.45, 7) is 7.17. The van der Waals surface area contributed by atoms with Gasteiger partial charge in [0.25, 0.3) is 5.91 Å². The SMILES string of the molecule is CCC(C)Nc1cnc(C(=O)Nc2ccccc2N2CCOCC2)cn1. The Morgan fingerprint density at radius 1 is 1.23 bits per heavy atom. The van der Waals surface area contributed by atoms with E-state index < -0.39 is 0 Å². The molecule has 1 fully saturated rings. The average molecular weight is 355 g/mol. The van der Waals surface area contributed by atoms with Crippen molar-refractivity contribution in [3.63, 3.8) is 0 Å². The van der Waals surface area contributed by atoms with E-state index in [1.807, 2.05) is 24.3 Å². The Bertz CT molecular complexity index is 729. The number of nitrogens with one attached hydrogen (secondary N) is 2.